The van der Waals surface area contributed by atoms with Gasteiger partial charge in [-0.1, -0.05) is 0 Å². The number of hydrogen-bond donors (Lipinski definition) is 2. The summed E-state index contributed by atoms with van der Waals surface area (Å²) in [6, 6.07) is 3.89. The third-order valence-electron chi connectivity index (χ3n) is 2.12. The van der Waals surface area contributed by atoms with Crippen molar-refractivity contribution in [3.05, 3.63) is 36.2 Å². The molecular weight excluding hydrogens is 206 g/mol. The molecule has 16 heavy (non-hydrogen) atoms. The highest BCUT2D eigenvalue weighted by Gasteiger charge is 2.09. The zero-order chi connectivity index (χ0) is 11.4. The minimum absolute atomic E-state index is 0.185. The Morgan fingerprint density at radius 2 is 2.25 bits per heavy atom. The molecule has 0 radical (unpaired) electrons. The van der Waals surface area contributed by atoms with Crippen LogP contribution in [0.2, 0.25) is 0 Å². The van der Waals surface area contributed by atoms with Crippen LogP contribution in [-0.4, -0.2) is 32.2 Å². The average Bonchev–Trinajstić information content (AvgIpc) is 2.89. The van der Waals surface area contributed by atoms with Crippen molar-refractivity contribution in [1.29, 1.82) is 0 Å². The molecule has 0 bridgehead atoms. The molecule has 0 aliphatic heterocycles. The SMILES string of the molecule is Cc1nc(C(=O)NCCn2cccc2)n[nH]1. The van der Waals surface area contributed by atoms with Gasteiger partial charge >= 0.3 is 0 Å². The summed E-state index contributed by atoms with van der Waals surface area (Å²) in [6.45, 7) is 3.05. The highest BCUT2D eigenvalue weighted by atomic mass is 16.2. The van der Waals surface area contributed by atoms with Gasteiger partial charge in [0.2, 0.25) is 5.82 Å². The Morgan fingerprint density at radius 3 is 2.88 bits per heavy atom. The molecule has 0 unspecified atom stereocenters. The van der Waals surface area contributed by atoms with Gasteiger partial charge in [-0.15, -0.1) is 5.10 Å². The van der Waals surface area contributed by atoms with E-state index < -0.39 is 0 Å². The van der Waals surface area contributed by atoms with Crippen LogP contribution in [0.5, 0.6) is 0 Å². The molecule has 0 aliphatic rings. The Morgan fingerprint density at radius 1 is 1.50 bits per heavy atom. The molecule has 6 heteroatoms. The quantitative estimate of drug-likeness (QED) is 0.778. The topological polar surface area (TPSA) is 75.6 Å². The smallest absolute Gasteiger partial charge is 0.291 e. The number of aromatic amines is 1. The zero-order valence-corrected chi connectivity index (χ0v) is 8.97. The Hall–Kier alpha value is -2.11. The fourth-order valence-electron chi connectivity index (χ4n) is 1.34. The van der Waals surface area contributed by atoms with Crippen LogP contribution in [0, 0.1) is 6.92 Å². The van der Waals surface area contributed by atoms with Gasteiger partial charge in [0.1, 0.15) is 5.82 Å². The molecule has 0 aliphatic carbocycles. The first-order valence-electron chi connectivity index (χ1n) is 5.03. The van der Waals surface area contributed by atoms with Gasteiger partial charge in [0.15, 0.2) is 0 Å². The van der Waals surface area contributed by atoms with Crippen molar-refractivity contribution in [1.82, 2.24) is 25.1 Å². The number of nitrogens with zero attached hydrogens (tertiary/aromatic N) is 3. The number of carbonyl (C=O) groups excluding carboxylic acids is 1. The Balaban J connectivity index is 1.80. The summed E-state index contributed by atoms with van der Waals surface area (Å²) in [6.07, 6.45) is 3.90. The van der Waals surface area contributed by atoms with E-state index in [0.717, 1.165) is 6.54 Å². The van der Waals surface area contributed by atoms with Crippen LogP contribution >= 0.6 is 0 Å². The fourth-order valence-corrected chi connectivity index (χ4v) is 1.34. The summed E-state index contributed by atoms with van der Waals surface area (Å²) in [5, 5.41) is 9.15. The van der Waals surface area contributed by atoms with Gasteiger partial charge in [-0.05, 0) is 19.1 Å². The van der Waals surface area contributed by atoms with Crippen LogP contribution in [0.1, 0.15) is 16.4 Å². The van der Waals surface area contributed by atoms with E-state index in [2.05, 4.69) is 20.5 Å². The van der Waals surface area contributed by atoms with E-state index in [1.54, 1.807) is 6.92 Å². The van der Waals surface area contributed by atoms with E-state index in [1.165, 1.54) is 0 Å². The molecule has 2 heterocycles. The lowest BCUT2D eigenvalue weighted by Crippen LogP contribution is -2.27. The summed E-state index contributed by atoms with van der Waals surface area (Å²) in [7, 11) is 0. The second-order valence-electron chi connectivity index (χ2n) is 3.42. The molecule has 0 aromatic carbocycles. The number of aromatic nitrogens is 4. The largest absolute Gasteiger partial charge is 0.353 e. The van der Waals surface area contributed by atoms with Gasteiger partial charge in [-0.2, -0.15) is 0 Å². The standard InChI is InChI=1S/C10H13N5O/c1-8-12-9(14-13-8)10(16)11-4-7-15-5-2-3-6-15/h2-3,5-6H,4,7H2,1H3,(H,11,16)(H,12,13,14). The predicted molar refractivity (Wildman–Crippen MR) is 57.9 cm³/mol. The molecule has 0 saturated heterocycles. The molecule has 84 valence electrons. The van der Waals surface area contributed by atoms with Crippen molar-refractivity contribution in [3.8, 4) is 0 Å². The molecule has 2 rings (SSSR count). The molecular formula is C10H13N5O. The number of carbonyl (C=O) groups is 1. The van der Waals surface area contributed by atoms with Crippen LogP contribution in [0.4, 0.5) is 0 Å². The van der Waals surface area contributed by atoms with Gasteiger partial charge in [0.25, 0.3) is 5.91 Å². The summed E-state index contributed by atoms with van der Waals surface area (Å²) in [5.74, 6) is 0.567. The maximum absolute atomic E-state index is 11.5. The van der Waals surface area contributed by atoms with Crippen molar-refractivity contribution in [3.63, 3.8) is 0 Å². The number of hydrogen-bond acceptors (Lipinski definition) is 3. The van der Waals surface area contributed by atoms with Crippen LogP contribution in [0.25, 0.3) is 0 Å². The number of aryl methyl sites for hydroxylation is 1. The van der Waals surface area contributed by atoms with Crippen molar-refractivity contribution < 1.29 is 4.79 Å². The first-order chi connectivity index (χ1) is 7.75. The molecule has 2 aromatic heterocycles. The van der Waals surface area contributed by atoms with E-state index >= 15 is 0 Å². The van der Waals surface area contributed by atoms with Gasteiger partial charge in [0.05, 0.1) is 0 Å². The first kappa shape index (κ1) is 10.4. The maximum Gasteiger partial charge on any atom is 0.291 e. The second-order valence-corrected chi connectivity index (χ2v) is 3.42. The van der Waals surface area contributed by atoms with Crippen LogP contribution in [0.15, 0.2) is 24.5 Å². The van der Waals surface area contributed by atoms with E-state index in [1.807, 2.05) is 29.1 Å². The first-order valence-corrected chi connectivity index (χ1v) is 5.03. The van der Waals surface area contributed by atoms with Gasteiger partial charge < -0.3 is 9.88 Å². The maximum atomic E-state index is 11.5. The highest BCUT2D eigenvalue weighted by molar-refractivity contribution is 5.90. The molecule has 0 saturated carbocycles. The number of rotatable bonds is 4. The van der Waals surface area contributed by atoms with Crippen molar-refractivity contribution >= 4 is 5.91 Å². The molecule has 0 fully saturated rings. The fraction of sp³-hybridized carbons (Fsp3) is 0.300. The van der Waals surface area contributed by atoms with Crippen molar-refractivity contribution in [2.45, 2.75) is 13.5 Å². The Labute approximate surface area is 92.7 Å². The summed E-state index contributed by atoms with van der Waals surface area (Å²) >= 11 is 0. The summed E-state index contributed by atoms with van der Waals surface area (Å²) < 4.78 is 1.99. The van der Waals surface area contributed by atoms with Crippen LogP contribution < -0.4 is 5.32 Å². The third kappa shape index (κ3) is 2.47. The van der Waals surface area contributed by atoms with E-state index in [9.17, 15) is 4.79 Å². The van der Waals surface area contributed by atoms with Crippen LogP contribution in [0.3, 0.4) is 0 Å². The molecule has 2 aromatic rings. The van der Waals surface area contributed by atoms with E-state index in [0.29, 0.717) is 12.4 Å². The molecule has 1 amide bonds. The molecule has 6 nitrogen and oxygen atoms in total. The van der Waals surface area contributed by atoms with E-state index in [4.69, 9.17) is 0 Å². The summed E-state index contributed by atoms with van der Waals surface area (Å²) in [5.41, 5.74) is 0. The van der Waals surface area contributed by atoms with Gasteiger partial charge in [0, 0.05) is 25.5 Å². The second kappa shape index (κ2) is 4.61. The lowest BCUT2D eigenvalue weighted by Gasteiger charge is -2.03. The van der Waals surface area contributed by atoms with Crippen molar-refractivity contribution in [2.24, 2.45) is 0 Å². The molecule has 0 atom stereocenters. The van der Waals surface area contributed by atoms with Gasteiger partial charge in [-0.25, -0.2) is 4.98 Å². The Bertz CT molecular complexity index is 459. The normalized spacial score (nSPS) is 10.3. The number of H-pyrrole nitrogens is 1. The average molecular weight is 219 g/mol. The minimum atomic E-state index is -0.253. The van der Waals surface area contributed by atoms with Gasteiger partial charge in [-0.3, -0.25) is 9.89 Å². The zero-order valence-electron chi connectivity index (χ0n) is 8.97. The lowest BCUT2D eigenvalue weighted by molar-refractivity contribution is 0.0942. The summed E-state index contributed by atoms with van der Waals surface area (Å²) in [4.78, 5) is 15.5. The number of amides is 1. The Kier molecular flexibility index (Phi) is 3.00. The molecule has 0 spiro atoms. The van der Waals surface area contributed by atoms with Crippen LogP contribution in [-0.2, 0) is 6.54 Å². The number of nitrogens with one attached hydrogen (secondary N) is 2. The minimum Gasteiger partial charge on any atom is -0.353 e. The highest BCUT2D eigenvalue weighted by Crippen LogP contribution is 1.91. The predicted octanol–water partition coefficient (Wildman–Crippen LogP) is 0.345. The lowest BCUT2D eigenvalue weighted by atomic mass is 10.5. The monoisotopic (exact) mass is 219 g/mol. The van der Waals surface area contributed by atoms with Crippen molar-refractivity contribution in [2.75, 3.05) is 6.54 Å². The van der Waals surface area contributed by atoms with E-state index in [-0.39, 0.29) is 11.7 Å². The third-order valence-corrected chi connectivity index (χ3v) is 2.12. The molecule has 2 N–H and O–H groups in total.